The molecule has 3 nitrogen and oxygen atoms in total. The summed E-state index contributed by atoms with van der Waals surface area (Å²) in [5.41, 5.74) is 1.34. The van der Waals surface area contributed by atoms with Crippen LogP contribution in [0.5, 0.6) is 5.75 Å². The number of nitrogens with zero attached hydrogens (tertiary/aromatic N) is 1. The molecule has 3 rings (SSSR count). The Balaban J connectivity index is 1.76. The number of anilines is 1. The summed E-state index contributed by atoms with van der Waals surface area (Å²) in [7, 11) is 0. The highest BCUT2D eigenvalue weighted by atomic mass is 16.5. The number of rotatable bonds is 3. The molecule has 18 heavy (non-hydrogen) atoms. The van der Waals surface area contributed by atoms with Gasteiger partial charge in [-0.1, -0.05) is 0 Å². The maximum absolute atomic E-state index is 5.50. The molecule has 1 aliphatic heterocycles. The first-order valence-electron chi connectivity index (χ1n) is 7.11. The molecule has 2 fully saturated rings. The molecule has 1 saturated carbocycles. The molecule has 2 aliphatic rings. The number of fused-ring (bicyclic) bond motifs is 1. The van der Waals surface area contributed by atoms with Crippen LogP contribution >= 0.6 is 0 Å². The number of nitrogens with one attached hydrogen (secondary N) is 1. The third-order valence-electron chi connectivity index (χ3n) is 4.12. The Morgan fingerprint density at radius 1 is 1.28 bits per heavy atom. The van der Waals surface area contributed by atoms with Gasteiger partial charge in [-0.2, -0.15) is 0 Å². The molecular formula is C15H22N2O. The first-order chi connectivity index (χ1) is 8.88. The summed E-state index contributed by atoms with van der Waals surface area (Å²) in [5.74, 6) is 0.972. The van der Waals surface area contributed by atoms with Gasteiger partial charge >= 0.3 is 0 Å². The maximum Gasteiger partial charge on any atom is 0.119 e. The molecular weight excluding hydrogens is 224 g/mol. The van der Waals surface area contributed by atoms with E-state index < -0.39 is 0 Å². The van der Waals surface area contributed by atoms with E-state index in [4.69, 9.17) is 4.74 Å². The van der Waals surface area contributed by atoms with Gasteiger partial charge in [-0.15, -0.1) is 0 Å². The number of benzene rings is 1. The molecule has 1 aliphatic carbocycles. The minimum absolute atomic E-state index is 0.691. The largest absolute Gasteiger partial charge is 0.494 e. The summed E-state index contributed by atoms with van der Waals surface area (Å²) in [6.07, 6.45) is 4.01. The van der Waals surface area contributed by atoms with Gasteiger partial charge in [0.15, 0.2) is 0 Å². The smallest absolute Gasteiger partial charge is 0.119 e. The van der Waals surface area contributed by atoms with Crippen LogP contribution in [0.15, 0.2) is 24.3 Å². The summed E-state index contributed by atoms with van der Waals surface area (Å²) in [5, 5.41) is 3.65. The first kappa shape index (κ1) is 11.8. The van der Waals surface area contributed by atoms with Gasteiger partial charge in [0.05, 0.1) is 6.61 Å². The molecule has 1 aromatic rings. The molecule has 1 saturated heterocycles. The van der Waals surface area contributed by atoms with Crippen LogP contribution in [0.25, 0.3) is 0 Å². The van der Waals surface area contributed by atoms with Gasteiger partial charge < -0.3 is 15.0 Å². The van der Waals surface area contributed by atoms with Gasteiger partial charge in [0.1, 0.15) is 5.75 Å². The summed E-state index contributed by atoms with van der Waals surface area (Å²) in [4.78, 5) is 2.57. The first-order valence-corrected chi connectivity index (χ1v) is 7.11. The fraction of sp³-hybridized carbons (Fsp3) is 0.600. The lowest BCUT2D eigenvalue weighted by atomic mass is 10.1. The van der Waals surface area contributed by atoms with Crippen molar-refractivity contribution < 1.29 is 4.74 Å². The Bertz CT molecular complexity index is 390. The maximum atomic E-state index is 5.50. The van der Waals surface area contributed by atoms with E-state index in [9.17, 15) is 0 Å². The van der Waals surface area contributed by atoms with Crippen LogP contribution in [-0.2, 0) is 0 Å². The molecule has 98 valence electrons. The van der Waals surface area contributed by atoms with Crippen molar-refractivity contribution in [1.29, 1.82) is 0 Å². The zero-order valence-corrected chi connectivity index (χ0v) is 11.1. The molecule has 1 N–H and O–H groups in total. The van der Waals surface area contributed by atoms with E-state index >= 15 is 0 Å². The van der Waals surface area contributed by atoms with Gasteiger partial charge in [0, 0.05) is 30.9 Å². The van der Waals surface area contributed by atoms with Crippen LogP contribution in [0, 0.1) is 0 Å². The number of hydrogen-bond acceptors (Lipinski definition) is 3. The van der Waals surface area contributed by atoms with E-state index in [1.54, 1.807) is 0 Å². The summed E-state index contributed by atoms with van der Waals surface area (Å²) >= 11 is 0. The molecule has 0 unspecified atom stereocenters. The molecule has 0 aromatic heterocycles. The molecule has 0 spiro atoms. The van der Waals surface area contributed by atoms with Crippen molar-refractivity contribution in [3.05, 3.63) is 24.3 Å². The highest BCUT2D eigenvalue weighted by Gasteiger charge is 2.34. The summed E-state index contributed by atoms with van der Waals surface area (Å²) in [6.45, 7) is 4.98. The van der Waals surface area contributed by atoms with Crippen LogP contribution in [0.2, 0.25) is 0 Å². The van der Waals surface area contributed by atoms with Gasteiger partial charge in [0.2, 0.25) is 0 Å². The SMILES string of the molecule is CCOc1ccc(N2CCN[C@@H]3CCC[C@H]32)cc1. The lowest BCUT2D eigenvalue weighted by Crippen LogP contribution is -2.55. The lowest BCUT2D eigenvalue weighted by Gasteiger charge is -2.40. The van der Waals surface area contributed by atoms with Crippen molar-refractivity contribution >= 4 is 5.69 Å². The Labute approximate surface area is 109 Å². The normalized spacial score (nSPS) is 27.1. The molecule has 1 aromatic carbocycles. The Kier molecular flexibility index (Phi) is 3.41. The second kappa shape index (κ2) is 5.19. The van der Waals surface area contributed by atoms with Crippen molar-refractivity contribution in [3.8, 4) is 5.75 Å². The van der Waals surface area contributed by atoms with Crippen molar-refractivity contribution in [3.63, 3.8) is 0 Å². The van der Waals surface area contributed by atoms with E-state index in [1.807, 2.05) is 6.92 Å². The van der Waals surface area contributed by atoms with Crippen LogP contribution < -0.4 is 15.0 Å². The molecule has 0 amide bonds. The molecule has 3 heteroatoms. The van der Waals surface area contributed by atoms with Crippen LogP contribution in [0.3, 0.4) is 0 Å². The van der Waals surface area contributed by atoms with Gasteiger partial charge in [-0.25, -0.2) is 0 Å². The van der Waals surface area contributed by atoms with Crippen LogP contribution in [-0.4, -0.2) is 31.8 Å². The molecule has 2 atom stereocenters. The van der Waals surface area contributed by atoms with Crippen molar-refractivity contribution in [2.24, 2.45) is 0 Å². The van der Waals surface area contributed by atoms with E-state index in [-0.39, 0.29) is 0 Å². The monoisotopic (exact) mass is 246 g/mol. The quantitative estimate of drug-likeness (QED) is 0.886. The van der Waals surface area contributed by atoms with Gasteiger partial charge in [-0.3, -0.25) is 0 Å². The Morgan fingerprint density at radius 2 is 2.11 bits per heavy atom. The fourth-order valence-corrected chi connectivity index (χ4v) is 3.31. The third-order valence-corrected chi connectivity index (χ3v) is 4.12. The summed E-state index contributed by atoms with van der Waals surface area (Å²) < 4.78 is 5.50. The topological polar surface area (TPSA) is 24.5 Å². The van der Waals surface area contributed by atoms with Crippen LogP contribution in [0.4, 0.5) is 5.69 Å². The number of hydrogen-bond donors (Lipinski definition) is 1. The third kappa shape index (κ3) is 2.19. The highest BCUT2D eigenvalue weighted by Crippen LogP contribution is 2.31. The van der Waals surface area contributed by atoms with Crippen molar-refractivity contribution in [1.82, 2.24) is 5.32 Å². The number of ether oxygens (including phenoxy) is 1. The number of piperazine rings is 1. The highest BCUT2D eigenvalue weighted by molar-refractivity contribution is 5.51. The predicted molar refractivity (Wildman–Crippen MR) is 74.4 cm³/mol. The standard InChI is InChI=1S/C15H22N2O/c1-2-18-13-8-6-12(7-9-13)17-11-10-16-14-4-3-5-15(14)17/h6-9,14-16H,2-5,10-11H2,1H3/t14-,15-/m1/s1. The molecule has 0 bridgehead atoms. The van der Waals surface area contributed by atoms with E-state index in [2.05, 4.69) is 34.5 Å². The van der Waals surface area contributed by atoms with E-state index in [0.29, 0.717) is 12.1 Å². The zero-order chi connectivity index (χ0) is 12.4. The van der Waals surface area contributed by atoms with E-state index in [1.165, 1.54) is 24.9 Å². The lowest BCUT2D eigenvalue weighted by molar-refractivity contribution is 0.340. The van der Waals surface area contributed by atoms with Gasteiger partial charge in [0.25, 0.3) is 0 Å². The van der Waals surface area contributed by atoms with Crippen LogP contribution in [0.1, 0.15) is 26.2 Å². The second-order valence-corrected chi connectivity index (χ2v) is 5.18. The molecule has 0 radical (unpaired) electrons. The van der Waals surface area contributed by atoms with E-state index in [0.717, 1.165) is 25.4 Å². The minimum Gasteiger partial charge on any atom is -0.494 e. The average Bonchev–Trinajstić information content (AvgIpc) is 2.88. The zero-order valence-electron chi connectivity index (χ0n) is 11.1. The van der Waals surface area contributed by atoms with Crippen molar-refractivity contribution in [2.45, 2.75) is 38.3 Å². The minimum atomic E-state index is 0.691. The Morgan fingerprint density at radius 3 is 2.89 bits per heavy atom. The van der Waals surface area contributed by atoms with Gasteiger partial charge in [-0.05, 0) is 50.5 Å². The Hall–Kier alpha value is -1.22. The summed E-state index contributed by atoms with van der Waals surface area (Å²) in [6, 6.07) is 9.97. The second-order valence-electron chi connectivity index (χ2n) is 5.18. The fourth-order valence-electron chi connectivity index (χ4n) is 3.31. The molecule has 1 heterocycles. The average molecular weight is 246 g/mol. The van der Waals surface area contributed by atoms with Crippen molar-refractivity contribution in [2.75, 3.05) is 24.6 Å². The predicted octanol–water partition coefficient (Wildman–Crippen LogP) is 2.42.